The van der Waals surface area contributed by atoms with Crippen molar-refractivity contribution in [3.8, 4) is 11.5 Å². The van der Waals surface area contributed by atoms with E-state index in [0.29, 0.717) is 5.92 Å². The van der Waals surface area contributed by atoms with Crippen LogP contribution in [0.2, 0.25) is 0 Å². The molecule has 2 bridgehead atoms. The molecule has 3 nitrogen and oxygen atoms in total. The lowest BCUT2D eigenvalue weighted by atomic mass is 9.66. The molecule has 1 aliphatic heterocycles. The van der Waals surface area contributed by atoms with Crippen LogP contribution < -0.4 is 9.47 Å². The number of aromatic amines is 1. The van der Waals surface area contributed by atoms with Crippen LogP contribution in [0, 0.1) is 5.92 Å². The number of para-hydroxylation sites is 3. The first-order chi connectivity index (χ1) is 11.9. The first kappa shape index (κ1) is 12.9. The maximum absolute atomic E-state index is 6.51. The number of rotatable bonds is 0. The highest BCUT2D eigenvalue weighted by Gasteiger charge is 2.59. The number of ether oxygens (including phenoxy) is 2. The Morgan fingerprint density at radius 1 is 0.917 bits per heavy atom. The summed E-state index contributed by atoms with van der Waals surface area (Å²) in [7, 11) is 0. The highest BCUT2D eigenvalue weighted by molar-refractivity contribution is 5.85. The minimum absolute atomic E-state index is 0.278. The van der Waals surface area contributed by atoms with Gasteiger partial charge in [0.1, 0.15) is 0 Å². The molecule has 0 unspecified atom stereocenters. The van der Waals surface area contributed by atoms with Crippen LogP contribution in [0.1, 0.15) is 36.4 Å². The van der Waals surface area contributed by atoms with Gasteiger partial charge in [0.25, 0.3) is 5.79 Å². The molecule has 3 aromatic rings. The number of fused-ring (bicyclic) bond motifs is 5. The van der Waals surface area contributed by atoms with Crippen molar-refractivity contribution in [2.75, 3.05) is 0 Å². The van der Waals surface area contributed by atoms with Gasteiger partial charge in [-0.1, -0.05) is 36.8 Å². The summed E-state index contributed by atoms with van der Waals surface area (Å²) in [6, 6.07) is 16.8. The predicted molar refractivity (Wildman–Crippen MR) is 92.5 cm³/mol. The van der Waals surface area contributed by atoms with Gasteiger partial charge in [-0.3, -0.25) is 0 Å². The molecule has 1 saturated carbocycles. The first-order valence-corrected chi connectivity index (χ1v) is 8.92. The van der Waals surface area contributed by atoms with Crippen molar-refractivity contribution < 1.29 is 9.47 Å². The zero-order valence-corrected chi connectivity index (χ0v) is 13.4. The molecule has 24 heavy (non-hydrogen) atoms. The fourth-order valence-corrected chi connectivity index (χ4v) is 5.12. The van der Waals surface area contributed by atoms with Gasteiger partial charge in [0.05, 0.1) is 5.92 Å². The second-order valence-corrected chi connectivity index (χ2v) is 7.32. The summed E-state index contributed by atoms with van der Waals surface area (Å²) in [4.78, 5) is 3.69. The third-order valence-corrected chi connectivity index (χ3v) is 6.13. The molecule has 2 heterocycles. The van der Waals surface area contributed by atoms with E-state index in [1.807, 2.05) is 24.3 Å². The average Bonchev–Trinajstić information content (AvgIpc) is 3.14. The molecule has 3 aliphatic rings. The van der Waals surface area contributed by atoms with E-state index >= 15 is 0 Å². The van der Waals surface area contributed by atoms with Gasteiger partial charge in [0.15, 0.2) is 11.5 Å². The lowest BCUT2D eigenvalue weighted by Gasteiger charge is -2.48. The first-order valence-electron chi connectivity index (χ1n) is 8.92. The second-order valence-electron chi connectivity index (χ2n) is 7.32. The Labute approximate surface area is 140 Å². The van der Waals surface area contributed by atoms with Gasteiger partial charge < -0.3 is 14.5 Å². The van der Waals surface area contributed by atoms with Crippen molar-refractivity contribution in [1.82, 2.24) is 4.98 Å². The monoisotopic (exact) mass is 317 g/mol. The molecule has 0 amide bonds. The molecule has 1 N–H and O–H groups in total. The molecule has 3 heteroatoms. The number of benzene rings is 2. The van der Waals surface area contributed by atoms with Crippen molar-refractivity contribution >= 4 is 10.9 Å². The molecule has 2 aromatic carbocycles. The number of hydrogen-bond acceptors (Lipinski definition) is 2. The zero-order chi connectivity index (χ0) is 15.7. The van der Waals surface area contributed by atoms with Gasteiger partial charge in [0.2, 0.25) is 0 Å². The topological polar surface area (TPSA) is 34.2 Å². The Hall–Kier alpha value is -2.42. The van der Waals surface area contributed by atoms with Crippen LogP contribution in [0.15, 0.2) is 48.5 Å². The van der Waals surface area contributed by atoms with Gasteiger partial charge in [-0.05, 0) is 43.0 Å². The number of hydrogen-bond donors (Lipinski definition) is 1. The van der Waals surface area contributed by atoms with Crippen molar-refractivity contribution in [1.29, 1.82) is 0 Å². The molecule has 2 atom stereocenters. The fourth-order valence-electron chi connectivity index (χ4n) is 5.12. The van der Waals surface area contributed by atoms with E-state index in [1.165, 1.54) is 35.0 Å². The van der Waals surface area contributed by atoms with Gasteiger partial charge in [0, 0.05) is 22.5 Å². The zero-order valence-electron chi connectivity index (χ0n) is 13.4. The molecule has 120 valence electrons. The maximum Gasteiger partial charge on any atom is 0.262 e. The summed E-state index contributed by atoms with van der Waals surface area (Å²) in [6.07, 6.45) is 4.56. The van der Waals surface area contributed by atoms with E-state index in [-0.39, 0.29) is 5.92 Å². The lowest BCUT2D eigenvalue weighted by Crippen LogP contribution is -2.56. The van der Waals surface area contributed by atoms with E-state index in [0.717, 1.165) is 24.3 Å². The SMILES string of the molecule is c1ccc2c(c1)OC1(O2)[C@H]2CCC[C@@H]1c1[nH]c3ccccc3c1C2. The van der Waals surface area contributed by atoms with E-state index < -0.39 is 5.79 Å². The minimum Gasteiger partial charge on any atom is -0.447 e. The van der Waals surface area contributed by atoms with Crippen LogP contribution in [0.4, 0.5) is 0 Å². The van der Waals surface area contributed by atoms with Crippen molar-refractivity contribution in [3.05, 3.63) is 59.8 Å². The van der Waals surface area contributed by atoms with Crippen LogP contribution in [0.25, 0.3) is 10.9 Å². The number of nitrogens with one attached hydrogen (secondary N) is 1. The highest BCUT2D eigenvalue weighted by Crippen LogP contribution is 2.58. The third-order valence-electron chi connectivity index (χ3n) is 6.13. The normalized spacial score (nSPS) is 25.8. The Kier molecular flexibility index (Phi) is 2.35. The smallest absolute Gasteiger partial charge is 0.262 e. The number of H-pyrrole nitrogens is 1. The van der Waals surface area contributed by atoms with Gasteiger partial charge in [-0.25, -0.2) is 0 Å². The molecule has 0 radical (unpaired) electrons. The van der Waals surface area contributed by atoms with Crippen LogP contribution in [-0.4, -0.2) is 10.8 Å². The quantitative estimate of drug-likeness (QED) is 0.648. The van der Waals surface area contributed by atoms with Crippen molar-refractivity contribution in [2.24, 2.45) is 5.92 Å². The van der Waals surface area contributed by atoms with Crippen LogP contribution in [0.3, 0.4) is 0 Å². The summed E-state index contributed by atoms with van der Waals surface area (Å²) >= 11 is 0. The number of aromatic nitrogens is 1. The average molecular weight is 317 g/mol. The lowest BCUT2D eigenvalue weighted by molar-refractivity contribution is -0.169. The molecule has 2 aliphatic carbocycles. The van der Waals surface area contributed by atoms with Gasteiger partial charge in [-0.15, -0.1) is 0 Å². The maximum atomic E-state index is 6.51. The predicted octanol–water partition coefficient (Wildman–Crippen LogP) is 4.78. The van der Waals surface area contributed by atoms with E-state index in [1.54, 1.807) is 0 Å². The molecule has 1 spiro atoms. The van der Waals surface area contributed by atoms with Crippen molar-refractivity contribution in [2.45, 2.75) is 37.4 Å². The Morgan fingerprint density at radius 3 is 2.50 bits per heavy atom. The summed E-state index contributed by atoms with van der Waals surface area (Å²) in [6.45, 7) is 0. The largest absolute Gasteiger partial charge is 0.447 e. The highest BCUT2D eigenvalue weighted by atomic mass is 16.7. The van der Waals surface area contributed by atoms with Crippen molar-refractivity contribution in [3.63, 3.8) is 0 Å². The minimum atomic E-state index is -0.518. The summed E-state index contributed by atoms with van der Waals surface area (Å²) in [5, 5.41) is 1.37. The molecular weight excluding hydrogens is 298 g/mol. The summed E-state index contributed by atoms with van der Waals surface area (Å²) < 4.78 is 13.0. The van der Waals surface area contributed by atoms with Crippen LogP contribution in [-0.2, 0) is 6.42 Å². The van der Waals surface area contributed by atoms with Gasteiger partial charge >= 0.3 is 0 Å². The fraction of sp³-hybridized carbons (Fsp3) is 0.333. The van der Waals surface area contributed by atoms with Gasteiger partial charge in [-0.2, -0.15) is 0 Å². The van der Waals surface area contributed by atoms with E-state index in [4.69, 9.17) is 9.47 Å². The Morgan fingerprint density at radius 2 is 1.67 bits per heavy atom. The Bertz CT molecular complexity index is 932. The molecule has 1 fully saturated rings. The molecule has 0 saturated heterocycles. The van der Waals surface area contributed by atoms with E-state index in [2.05, 4.69) is 29.2 Å². The van der Waals surface area contributed by atoms with Crippen LogP contribution >= 0.6 is 0 Å². The standard InChI is InChI=1S/C21H19NO2/c1-2-9-17-14(7-1)15-12-13-6-5-8-16(20(15)22-17)21(13)23-18-10-3-4-11-19(18)24-21/h1-4,7,9-11,13,16,22H,5-6,8,12H2/t13-,16+/m0/s1. The molecule has 1 aromatic heterocycles. The molecular formula is C21H19NO2. The third kappa shape index (κ3) is 1.48. The molecule has 6 rings (SSSR count). The van der Waals surface area contributed by atoms with E-state index in [9.17, 15) is 0 Å². The summed E-state index contributed by atoms with van der Waals surface area (Å²) in [5.41, 5.74) is 4.05. The Balaban J connectivity index is 1.55. The van der Waals surface area contributed by atoms with Crippen LogP contribution in [0.5, 0.6) is 11.5 Å². The summed E-state index contributed by atoms with van der Waals surface area (Å²) in [5.74, 6) is 1.97. The second kappa shape index (κ2) is 4.35.